The highest BCUT2D eigenvalue weighted by molar-refractivity contribution is 7.89. The molecule has 2 aromatic carbocycles. The van der Waals surface area contributed by atoms with E-state index in [0.29, 0.717) is 30.7 Å². The van der Waals surface area contributed by atoms with Crippen LogP contribution in [0.3, 0.4) is 0 Å². The van der Waals surface area contributed by atoms with Crippen LogP contribution in [0, 0.1) is 0 Å². The molecule has 0 saturated carbocycles. The highest BCUT2D eigenvalue weighted by atomic mass is 35.5. The van der Waals surface area contributed by atoms with Crippen LogP contribution in [-0.4, -0.2) is 39.1 Å². The maximum Gasteiger partial charge on any atom is 0.313 e. The molecule has 3 rings (SSSR count). The van der Waals surface area contributed by atoms with Crippen molar-refractivity contribution in [3.63, 3.8) is 0 Å². The summed E-state index contributed by atoms with van der Waals surface area (Å²) in [7, 11) is -2.36. The molecule has 0 saturated heterocycles. The fourth-order valence-electron chi connectivity index (χ4n) is 4.35. The van der Waals surface area contributed by atoms with Crippen molar-refractivity contribution in [1.82, 2.24) is 4.72 Å². The number of carbonyl (C=O) groups excluding carboxylic acids is 2. The zero-order chi connectivity index (χ0) is 26.7. The summed E-state index contributed by atoms with van der Waals surface area (Å²) in [4.78, 5) is 24.8. The molecular formula is C27H34ClNO6S. The van der Waals surface area contributed by atoms with Gasteiger partial charge in [-0.15, -0.1) is 0 Å². The Morgan fingerprint density at radius 2 is 1.83 bits per heavy atom. The topological polar surface area (TPSA) is 98.8 Å². The van der Waals surface area contributed by atoms with E-state index in [1.807, 2.05) is 32.9 Å². The number of fused-ring (bicyclic) bond motifs is 1. The van der Waals surface area contributed by atoms with Gasteiger partial charge in [-0.05, 0) is 99.9 Å². The van der Waals surface area contributed by atoms with Crippen LogP contribution in [0.5, 0.6) is 0 Å². The van der Waals surface area contributed by atoms with Gasteiger partial charge < -0.3 is 9.47 Å². The van der Waals surface area contributed by atoms with Crippen molar-refractivity contribution in [3.8, 4) is 0 Å². The normalized spacial score (nSPS) is 16.7. The molecule has 0 heterocycles. The molecule has 0 fully saturated rings. The number of carbonyl (C=O) groups is 2. The molecule has 0 radical (unpaired) electrons. The van der Waals surface area contributed by atoms with Gasteiger partial charge in [0.05, 0.1) is 17.9 Å². The van der Waals surface area contributed by atoms with Gasteiger partial charge in [0, 0.05) is 17.5 Å². The molecule has 7 nitrogen and oxygen atoms in total. The maximum absolute atomic E-state index is 12.9. The van der Waals surface area contributed by atoms with Gasteiger partial charge >= 0.3 is 11.9 Å². The number of aryl methyl sites for hydroxylation is 1. The molecule has 0 amide bonds. The number of hydrogen-bond donors (Lipinski definition) is 1. The van der Waals surface area contributed by atoms with Crippen molar-refractivity contribution in [2.45, 2.75) is 82.3 Å². The summed E-state index contributed by atoms with van der Waals surface area (Å²) in [5, 5.41) is 0.465. The molecule has 1 aliphatic carbocycles. The second-order valence-corrected chi connectivity index (χ2v) is 12.3. The van der Waals surface area contributed by atoms with Crippen LogP contribution < -0.4 is 4.72 Å². The standard InChI is InChI=1S/C27H34ClNO6S/c1-17(26(31)35-27(2,3)4)19-14-18(6-13-25(30)34-5)24-12-9-22(16-20(24)15-19)29-36(32,33)23-10-7-21(28)8-11-23/h7-8,10-11,14-15,17,22,29H,6,9,12-13,16H2,1-5H3. The number of sulfonamides is 1. The predicted octanol–water partition coefficient (Wildman–Crippen LogP) is 4.73. The van der Waals surface area contributed by atoms with E-state index in [-0.39, 0.29) is 29.3 Å². The van der Waals surface area contributed by atoms with Crippen molar-refractivity contribution in [2.24, 2.45) is 0 Å². The minimum absolute atomic E-state index is 0.156. The lowest BCUT2D eigenvalue weighted by atomic mass is 9.81. The summed E-state index contributed by atoms with van der Waals surface area (Å²) >= 11 is 5.90. The lowest BCUT2D eigenvalue weighted by molar-refractivity contribution is -0.156. The van der Waals surface area contributed by atoms with Crippen LogP contribution in [0.25, 0.3) is 0 Å². The zero-order valence-corrected chi connectivity index (χ0v) is 23.0. The second kappa shape index (κ2) is 11.3. The fraction of sp³-hybridized carbons (Fsp3) is 0.481. The van der Waals surface area contributed by atoms with E-state index in [0.717, 1.165) is 22.3 Å². The van der Waals surface area contributed by atoms with Gasteiger partial charge in [-0.1, -0.05) is 23.7 Å². The smallest absolute Gasteiger partial charge is 0.313 e. The lowest BCUT2D eigenvalue weighted by Gasteiger charge is -2.29. The molecule has 0 aliphatic heterocycles. The average molecular weight is 536 g/mol. The van der Waals surface area contributed by atoms with Crippen LogP contribution in [0.15, 0.2) is 41.3 Å². The number of nitrogens with one attached hydrogen (secondary N) is 1. The first-order valence-electron chi connectivity index (χ1n) is 12.0. The van der Waals surface area contributed by atoms with Crippen molar-refractivity contribution in [2.75, 3.05) is 7.11 Å². The van der Waals surface area contributed by atoms with Crippen LogP contribution in [0.4, 0.5) is 0 Å². The summed E-state index contributed by atoms with van der Waals surface area (Å²) in [6.07, 6.45) is 2.44. The Morgan fingerprint density at radius 3 is 2.44 bits per heavy atom. The SMILES string of the molecule is COC(=O)CCc1cc(C(C)C(=O)OC(C)(C)C)cc2c1CCC(NS(=O)(=O)c1ccc(Cl)cc1)C2. The van der Waals surface area contributed by atoms with E-state index in [1.54, 1.807) is 19.1 Å². The highest BCUT2D eigenvalue weighted by Crippen LogP contribution is 2.32. The van der Waals surface area contributed by atoms with E-state index in [2.05, 4.69) is 4.72 Å². The van der Waals surface area contributed by atoms with Crippen LogP contribution in [0.1, 0.15) is 68.7 Å². The van der Waals surface area contributed by atoms with Crippen molar-refractivity contribution in [1.29, 1.82) is 0 Å². The molecule has 0 spiro atoms. The highest BCUT2D eigenvalue weighted by Gasteiger charge is 2.29. The third kappa shape index (κ3) is 7.31. The van der Waals surface area contributed by atoms with E-state index in [1.165, 1.54) is 19.2 Å². The zero-order valence-electron chi connectivity index (χ0n) is 21.4. The number of halogens is 1. The van der Waals surface area contributed by atoms with Gasteiger partial charge in [0.2, 0.25) is 10.0 Å². The molecule has 2 aromatic rings. The maximum atomic E-state index is 12.9. The molecule has 36 heavy (non-hydrogen) atoms. The Hall–Kier alpha value is -2.42. The van der Waals surface area contributed by atoms with Crippen molar-refractivity contribution in [3.05, 3.63) is 63.7 Å². The first-order valence-corrected chi connectivity index (χ1v) is 13.9. The van der Waals surface area contributed by atoms with Gasteiger partial charge in [0.1, 0.15) is 5.60 Å². The minimum atomic E-state index is -3.72. The number of esters is 2. The summed E-state index contributed by atoms with van der Waals surface area (Å²) in [6, 6.07) is 9.68. The largest absolute Gasteiger partial charge is 0.469 e. The van der Waals surface area contributed by atoms with Crippen molar-refractivity contribution < 1.29 is 27.5 Å². The van der Waals surface area contributed by atoms with Crippen molar-refractivity contribution >= 4 is 33.6 Å². The lowest BCUT2D eigenvalue weighted by Crippen LogP contribution is -2.39. The molecule has 9 heteroatoms. The summed E-state index contributed by atoms with van der Waals surface area (Å²) in [5.41, 5.74) is 3.21. The van der Waals surface area contributed by atoms with E-state index >= 15 is 0 Å². The van der Waals surface area contributed by atoms with E-state index < -0.39 is 21.5 Å². The second-order valence-electron chi connectivity index (χ2n) is 10.2. The van der Waals surface area contributed by atoms with E-state index in [9.17, 15) is 18.0 Å². The Kier molecular flexibility index (Phi) is 8.85. The summed E-state index contributed by atoms with van der Waals surface area (Å²) < 4.78 is 39.1. The number of methoxy groups -OCH3 is 1. The first-order chi connectivity index (χ1) is 16.8. The fourth-order valence-corrected chi connectivity index (χ4v) is 5.75. The quantitative estimate of drug-likeness (QED) is 0.491. The monoisotopic (exact) mass is 535 g/mol. The molecule has 2 unspecified atom stereocenters. The molecule has 0 bridgehead atoms. The molecule has 196 valence electrons. The number of hydrogen-bond acceptors (Lipinski definition) is 6. The predicted molar refractivity (Wildman–Crippen MR) is 139 cm³/mol. The van der Waals surface area contributed by atoms with E-state index in [4.69, 9.17) is 21.1 Å². The van der Waals surface area contributed by atoms with Crippen LogP contribution >= 0.6 is 11.6 Å². The van der Waals surface area contributed by atoms with Gasteiger partial charge in [-0.3, -0.25) is 9.59 Å². The van der Waals surface area contributed by atoms with Crippen LogP contribution in [0.2, 0.25) is 5.02 Å². The average Bonchev–Trinajstić information content (AvgIpc) is 2.80. The number of ether oxygens (including phenoxy) is 2. The third-order valence-electron chi connectivity index (χ3n) is 6.20. The van der Waals surface area contributed by atoms with Gasteiger partial charge in [0.25, 0.3) is 0 Å². The van der Waals surface area contributed by atoms with Gasteiger partial charge in [0.15, 0.2) is 0 Å². The molecule has 2 atom stereocenters. The Morgan fingerprint density at radius 1 is 1.17 bits per heavy atom. The minimum Gasteiger partial charge on any atom is -0.469 e. The first kappa shape index (κ1) is 28.2. The summed E-state index contributed by atoms with van der Waals surface area (Å²) in [5.74, 6) is -1.16. The Labute approximate surface area is 218 Å². The Bertz CT molecular complexity index is 1220. The van der Waals surface area contributed by atoms with Crippen LogP contribution in [-0.2, 0) is 48.3 Å². The number of benzene rings is 2. The van der Waals surface area contributed by atoms with Gasteiger partial charge in [-0.25, -0.2) is 13.1 Å². The number of rotatable bonds is 8. The third-order valence-corrected chi connectivity index (χ3v) is 7.99. The summed E-state index contributed by atoms with van der Waals surface area (Å²) in [6.45, 7) is 7.26. The van der Waals surface area contributed by atoms with Gasteiger partial charge in [-0.2, -0.15) is 0 Å². The molecule has 0 aromatic heterocycles. The molecular weight excluding hydrogens is 502 g/mol. The molecule has 1 N–H and O–H groups in total. The Balaban J connectivity index is 1.89. The molecule has 1 aliphatic rings.